The van der Waals surface area contributed by atoms with E-state index in [1.807, 2.05) is 0 Å². The SMILES string of the molecule is CCOC(=O)/C(C#N)=N/OC(=O)OC. The Hall–Kier alpha value is -2.10. The van der Waals surface area contributed by atoms with E-state index >= 15 is 0 Å². The fourth-order valence-corrected chi connectivity index (χ4v) is 0.423. The Balaban J connectivity index is 4.34. The molecule has 0 heterocycles. The van der Waals surface area contributed by atoms with Crippen LogP contribution in [0, 0.1) is 11.3 Å². The summed E-state index contributed by atoms with van der Waals surface area (Å²) in [7, 11) is 1.06. The van der Waals surface area contributed by atoms with Crippen molar-refractivity contribution in [3.63, 3.8) is 0 Å². The average molecular weight is 200 g/mol. The first-order valence-corrected chi connectivity index (χ1v) is 3.55. The Morgan fingerprint density at radius 2 is 2.14 bits per heavy atom. The molecule has 0 atom stereocenters. The molecular formula is C7H8N2O5. The van der Waals surface area contributed by atoms with E-state index in [1.54, 1.807) is 6.92 Å². The Bertz CT molecular complexity index is 291. The molecule has 0 saturated heterocycles. The highest BCUT2D eigenvalue weighted by Gasteiger charge is 2.13. The molecule has 0 aliphatic rings. The van der Waals surface area contributed by atoms with Gasteiger partial charge in [0.05, 0.1) is 13.7 Å². The molecule has 0 saturated carbocycles. The van der Waals surface area contributed by atoms with Crippen LogP contribution in [-0.2, 0) is 19.1 Å². The number of methoxy groups -OCH3 is 1. The number of nitriles is 1. The topological polar surface area (TPSA) is 98.0 Å². The number of ether oxygens (including phenoxy) is 2. The molecule has 0 rings (SSSR count). The van der Waals surface area contributed by atoms with E-state index in [2.05, 4.69) is 19.5 Å². The summed E-state index contributed by atoms with van der Waals surface area (Å²) in [6.45, 7) is 1.66. The largest absolute Gasteiger partial charge is 0.534 e. The molecular weight excluding hydrogens is 192 g/mol. The summed E-state index contributed by atoms with van der Waals surface area (Å²) in [6.07, 6.45) is -1.12. The molecule has 14 heavy (non-hydrogen) atoms. The molecule has 0 amide bonds. The summed E-state index contributed by atoms with van der Waals surface area (Å²) >= 11 is 0. The van der Waals surface area contributed by atoms with E-state index < -0.39 is 17.8 Å². The zero-order valence-electron chi connectivity index (χ0n) is 7.64. The van der Waals surface area contributed by atoms with Gasteiger partial charge in [0, 0.05) is 0 Å². The lowest BCUT2D eigenvalue weighted by molar-refractivity contribution is -0.135. The van der Waals surface area contributed by atoms with E-state index in [0.717, 1.165) is 7.11 Å². The molecule has 7 nitrogen and oxygen atoms in total. The average Bonchev–Trinajstić information content (AvgIpc) is 2.18. The Morgan fingerprint density at radius 3 is 2.57 bits per heavy atom. The van der Waals surface area contributed by atoms with Crippen LogP contribution in [0.25, 0.3) is 0 Å². The van der Waals surface area contributed by atoms with E-state index in [9.17, 15) is 9.59 Å². The van der Waals surface area contributed by atoms with Crippen molar-refractivity contribution in [3.8, 4) is 6.07 Å². The second-order valence-corrected chi connectivity index (χ2v) is 1.82. The van der Waals surface area contributed by atoms with Crippen molar-refractivity contribution in [3.05, 3.63) is 0 Å². The van der Waals surface area contributed by atoms with Gasteiger partial charge in [-0.25, -0.2) is 9.59 Å². The minimum atomic E-state index is -1.12. The third-order valence-electron chi connectivity index (χ3n) is 0.953. The van der Waals surface area contributed by atoms with E-state index in [1.165, 1.54) is 6.07 Å². The fraction of sp³-hybridized carbons (Fsp3) is 0.429. The number of oxime groups is 1. The molecule has 0 aromatic heterocycles. The highest BCUT2D eigenvalue weighted by Crippen LogP contribution is 1.89. The van der Waals surface area contributed by atoms with Crippen molar-refractivity contribution >= 4 is 17.8 Å². The van der Waals surface area contributed by atoms with Crippen LogP contribution in [0.4, 0.5) is 4.79 Å². The third-order valence-corrected chi connectivity index (χ3v) is 0.953. The van der Waals surface area contributed by atoms with Gasteiger partial charge in [-0.2, -0.15) is 5.26 Å². The van der Waals surface area contributed by atoms with Crippen LogP contribution < -0.4 is 0 Å². The minimum Gasteiger partial charge on any atom is -0.461 e. The van der Waals surface area contributed by atoms with Crippen molar-refractivity contribution in [1.29, 1.82) is 5.26 Å². The van der Waals surface area contributed by atoms with Gasteiger partial charge in [0.25, 0.3) is 5.71 Å². The fourth-order valence-electron chi connectivity index (χ4n) is 0.423. The third kappa shape index (κ3) is 4.06. The number of carbonyl (C=O) groups is 2. The van der Waals surface area contributed by atoms with Gasteiger partial charge in [-0.15, -0.1) is 0 Å². The molecule has 0 fully saturated rings. The van der Waals surface area contributed by atoms with E-state index in [-0.39, 0.29) is 6.61 Å². The van der Waals surface area contributed by atoms with Gasteiger partial charge in [-0.1, -0.05) is 5.16 Å². The van der Waals surface area contributed by atoms with Gasteiger partial charge in [0.2, 0.25) is 0 Å². The summed E-state index contributed by atoms with van der Waals surface area (Å²) < 4.78 is 8.49. The van der Waals surface area contributed by atoms with E-state index in [4.69, 9.17) is 5.26 Å². The van der Waals surface area contributed by atoms with Gasteiger partial charge in [-0.05, 0) is 6.92 Å². The summed E-state index contributed by atoms with van der Waals surface area (Å²) in [5.74, 6) is -0.959. The summed E-state index contributed by atoms with van der Waals surface area (Å²) in [6, 6.07) is 1.41. The maximum absolute atomic E-state index is 10.9. The molecule has 0 aliphatic carbocycles. The van der Waals surface area contributed by atoms with Crippen molar-refractivity contribution in [1.82, 2.24) is 0 Å². The number of esters is 1. The Kier molecular flexibility index (Phi) is 5.46. The zero-order chi connectivity index (χ0) is 11.0. The lowest BCUT2D eigenvalue weighted by atomic mass is 10.4. The maximum atomic E-state index is 10.9. The number of nitrogens with zero attached hydrogens (tertiary/aromatic N) is 2. The van der Waals surface area contributed by atoms with Gasteiger partial charge < -0.3 is 9.47 Å². The molecule has 0 aromatic rings. The molecule has 0 aromatic carbocycles. The summed E-state index contributed by atoms with van der Waals surface area (Å²) in [5, 5.41) is 11.3. The van der Waals surface area contributed by atoms with Crippen molar-refractivity contribution in [2.75, 3.05) is 13.7 Å². The standard InChI is InChI=1S/C7H8N2O5/c1-3-13-6(10)5(4-8)9-14-7(11)12-2/h3H2,1-2H3/b9-5+. The molecule has 76 valence electrons. The first-order valence-electron chi connectivity index (χ1n) is 3.55. The Labute approximate surface area is 79.8 Å². The normalized spacial score (nSPS) is 9.93. The molecule has 0 radical (unpaired) electrons. The van der Waals surface area contributed by atoms with Crippen molar-refractivity contribution < 1.29 is 23.9 Å². The molecule has 0 spiro atoms. The lowest BCUT2D eigenvalue weighted by Crippen LogP contribution is -2.16. The molecule has 7 heteroatoms. The predicted octanol–water partition coefficient (Wildman–Crippen LogP) is 0.212. The lowest BCUT2D eigenvalue weighted by Gasteiger charge is -1.97. The quantitative estimate of drug-likeness (QED) is 0.279. The van der Waals surface area contributed by atoms with Crippen LogP contribution in [0.5, 0.6) is 0 Å². The number of hydrogen-bond acceptors (Lipinski definition) is 7. The molecule has 0 N–H and O–H groups in total. The molecule has 0 aliphatic heterocycles. The smallest absolute Gasteiger partial charge is 0.461 e. The van der Waals surface area contributed by atoms with Crippen LogP contribution in [0.1, 0.15) is 6.92 Å². The van der Waals surface area contributed by atoms with Gasteiger partial charge in [0.1, 0.15) is 6.07 Å². The summed E-state index contributed by atoms with van der Waals surface area (Å²) in [4.78, 5) is 25.3. The Morgan fingerprint density at radius 1 is 1.50 bits per heavy atom. The minimum absolute atomic E-state index is 0.0950. The van der Waals surface area contributed by atoms with Crippen LogP contribution in [0.2, 0.25) is 0 Å². The molecule has 0 unspecified atom stereocenters. The van der Waals surface area contributed by atoms with Crippen LogP contribution >= 0.6 is 0 Å². The zero-order valence-corrected chi connectivity index (χ0v) is 7.64. The molecule has 0 bridgehead atoms. The second kappa shape index (κ2) is 6.42. The summed E-state index contributed by atoms with van der Waals surface area (Å²) in [5.41, 5.74) is -0.655. The predicted molar refractivity (Wildman–Crippen MR) is 43.2 cm³/mol. The monoisotopic (exact) mass is 200 g/mol. The van der Waals surface area contributed by atoms with Crippen LogP contribution in [0.15, 0.2) is 5.16 Å². The first-order chi connectivity index (χ1) is 6.65. The van der Waals surface area contributed by atoms with Crippen LogP contribution in [-0.4, -0.2) is 31.6 Å². The van der Waals surface area contributed by atoms with Gasteiger partial charge >= 0.3 is 12.1 Å². The number of rotatable bonds is 3. The number of hydrogen-bond donors (Lipinski definition) is 0. The first kappa shape index (κ1) is 11.9. The maximum Gasteiger partial charge on any atom is 0.534 e. The van der Waals surface area contributed by atoms with Gasteiger partial charge in [0.15, 0.2) is 0 Å². The number of carbonyl (C=O) groups excluding carboxylic acids is 2. The highest BCUT2D eigenvalue weighted by atomic mass is 16.8. The van der Waals surface area contributed by atoms with Crippen LogP contribution in [0.3, 0.4) is 0 Å². The van der Waals surface area contributed by atoms with Crippen molar-refractivity contribution in [2.45, 2.75) is 6.92 Å². The van der Waals surface area contributed by atoms with Crippen molar-refractivity contribution in [2.24, 2.45) is 5.16 Å². The van der Waals surface area contributed by atoms with E-state index in [0.29, 0.717) is 0 Å². The van der Waals surface area contributed by atoms with Gasteiger partial charge in [-0.3, -0.25) is 4.84 Å². The second-order valence-electron chi connectivity index (χ2n) is 1.82. The highest BCUT2D eigenvalue weighted by molar-refractivity contribution is 6.42.